The number of benzene rings is 2. The van der Waals surface area contributed by atoms with Crippen molar-refractivity contribution in [3.8, 4) is 6.07 Å². The number of carbonyl (C=O) groups excluding carboxylic acids is 3. The zero-order valence-electron chi connectivity index (χ0n) is 22.6. The summed E-state index contributed by atoms with van der Waals surface area (Å²) in [5.74, 6) is -0.428. The molecule has 0 radical (unpaired) electrons. The Hall–Kier alpha value is -3.93. The summed E-state index contributed by atoms with van der Waals surface area (Å²) in [7, 11) is 0. The molecule has 2 bridgehead atoms. The van der Waals surface area contributed by atoms with Gasteiger partial charge in [-0.15, -0.1) is 0 Å². The number of fused-ring (bicyclic) bond motifs is 3. The van der Waals surface area contributed by atoms with Gasteiger partial charge in [0.1, 0.15) is 25.4 Å². The molecule has 0 spiro atoms. The SMILES string of the molecule is N#C[C@@H]1C[C@H](F)CN1C(=O)CN(C(=O)OCc1ccccc1)C12CCC(C(=O)NCc3ccccc3)(CC1)CC2. The first-order valence-corrected chi connectivity index (χ1v) is 14.0. The molecule has 9 heteroatoms. The highest BCUT2D eigenvalue weighted by atomic mass is 19.1. The van der Waals surface area contributed by atoms with Gasteiger partial charge in [0, 0.05) is 23.9 Å². The highest BCUT2D eigenvalue weighted by Crippen LogP contribution is 2.55. The summed E-state index contributed by atoms with van der Waals surface area (Å²) in [5, 5.41) is 12.6. The second kappa shape index (κ2) is 11.7. The van der Waals surface area contributed by atoms with Crippen LogP contribution in [0.3, 0.4) is 0 Å². The molecule has 4 fully saturated rings. The van der Waals surface area contributed by atoms with E-state index in [1.165, 1.54) is 9.80 Å². The molecule has 1 aliphatic heterocycles. The number of hydrogen-bond donors (Lipinski definition) is 1. The van der Waals surface area contributed by atoms with Crippen molar-refractivity contribution in [3.63, 3.8) is 0 Å². The number of amides is 3. The first-order valence-electron chi connectivity index (χ1n) is 14.0. The maximum Gasteiger partial charge on any atom is 0.411 e. The number of alkyl halides is 1. The van der Waals surface area contributed by atoms with E-state index in [-0.39, 0.29) is 32.0 Å². The Morgan fingerprint density at radius 2 is 1.57 bits per heavy atom. The molecule has 2 aromatic rings. The molecule has 2 atom stereocenters. The Bertz CT molecular complexity index is 1240. The topological polar surface area (TPSA) is 103 Å². The highest BCUT2D eigenvalue weighted by Gasteiger charge is 2.56. The standard InChI is InChI=1S/C31H35FN4O4/c32-25-17-26(18-33)35(20-25)27(37)21-36(29(39)40-22-24-9-5-2-6-10-24)31-14-11-30(12-15-31,13-16-31)28(38)34-19-23-7-3-1-4-8-23/h1-10,25-26H,11-17,19-22H2,(H,34,38)/t25-,26-,30?,31?/m0/s1. The Kier molecular flexibility index (Phi) is 8.06. The molecule has 1 saturated heterocycles. The van der Waals surface area contributed by atoms with Crippen LogP contribution in [0.5, 0.6) is 0 Å². The van der Waals surface area contributed by atoms with E-state index in [1.807, 2.05) is 66.7 Å². The van der Waals surface area contributed by atoms with E-state index in [9.17, 15) is 24.0 Å². The minimum atomic E-state index is -1.26. The summed E-state index contributed by atoms with van der Waals surface area (Å²) >= 11 is 0. The van der Waals surface area contributed by atoms with Gasteiger partial charge in [0.25, 0.3) is 0 Å². The van der Waals surface area contributed by atoms with Crippen LogP contribution in [0.25, 0.3) is 0 Å². The Labute approximate surface area is 234 Å². The maximum absolute atomic E-state index is 14.1. The van der Waals surface area contributed by atoms with Gasteiger partial charge in [0.15, 0.2) is 0 Å². The molecule has 1 N–H and O–H groups in total. The molecule has 3 saturated carbocycles. The number of nitrogens with zero attached hydrogens (tertiary/aromatic N) is 3. The molecule has 210 valence electrons. The third-order valence-electron chi connectivity index (χ3n) is 9.00. The van der Waals surface area contributed by atoms with Crippen LogP contribution in [0.1, 0.15) is 56.1 Å². The van der Waals surface area contributed by atoms with E-state index in [0.717, 1.165) is 11.1 Å². The molecule has 8 nitrogen and oxygen atoms in total. The minimum Gasteiger partial charge on any atom is -0.445 e. The van der Waals surface area contributed by atoms with Gasteiger partial charge >= 0.3 is 6.09 Å². The van der Waals surface area contributed by atoms with Crippen molar-refractivity contribution in [1.82, 2.24) is 15.1 Å². The fourth-order valence-corrected chi connectivity index (χ4v) is 6.51. The van der Waals surface area contributed by atoms with Gasteiger partial charge in [-0.1, -0.05) is 60.7 Å². The molecular formula is C31H35FN4O4. The molecular weight excluding hydrogens is 511 g/mol. The molecule has 4 aliphatic rings. The van der Waals surface area contributed by atoms with Crippen LogP contribution in [-0.2, 0) is 27.5 Å². The fraction of sp³-hybridized carbons (Fsp3) is 0.484. The lowest BCUT2D eigenvalue weighted by Crippen LogP contribution is -2.63. The zero-order valence-corrected chi connectivity index (χ0v) is 22.6. The van der Waals surface area contributed by atoms with Gasteiger partial charge in [-0.2, -0.15) is 5.26 Å². The molecule has 3 amide bonds. The third kappa shape index (κ3) is 5.67. The maximum atomic E-state index is 14.1. The van der Waals surface area contributed by atoms with Gasteiger partial charge in [-0.05, 0) is 49.7 Å². The number of rotatable bonds is 8. The summed E-state index contributed by atoms with van der Waals surface area (Å²) < 4.78 is 19.8. The lowest BCUT2D eigenvalue weighted by molar-refractivity contribution is -0.145. The fourth-order valence-electron chi connectivity index (χ4n) is 6.51. The Balaban J connectivity index is 1.29. The van der Waals surface area contributed by atoms with E-state index in [1.54, 1.807) is 0 Å². The van der Waals surface area contributed by atoms with Crippen molar-refractivity contribution in [2.45, 2.75) is 75.8 Å². The van der Waals surface area contributed by atoms with Gasteiger partial charge < -0.3 is 15.0 Å². The van der Waals surface area contributed by atoms with Crippen LogP contribution in [0.4, 0.5) is 9.18 Å². The number of nitriles is 1. The van der Waals surface area contributed by atoms with Gasteiger partial charge in [0.05, 0.1) is 12.6 Å². The second-order valence-electron chi connectivity index (χ2n) is 11.3. The quantitative estimate of drug-likeness (QED) is 0.525. The molecule has 40 heavy (non-hydrogen) atoms. The summed E-state index contributed by atoms with van der Waals surface area (Å²) in [6, 6.07) is 20.2. The molecule has 0 unspecified atom stereocenters. The normalized spacial score (nSPS) is 27.1. The lowest BCUT2D eigenvalue weighted by atomic mass is 9.56. The van der Waals surface area contributed by atoms with Crippen molar-refractivity contribution in [2.24, 2.45) is 5.41 Å². The van der Waals surface area contributed by atoms with E-state index >= 15 is 0 Å². The van der Waals surface area contributed by atoms with Gasteiger partial charge in [-0.25, -0.2) is 9.18 Å². The van der Waals surface area contributed by atoms with Gasteiger partial charge in [-0.3, -0.25) is 14.5 Å². The predicted octanol–water partition coefficient (Wildman–Crippen LogP) is 4.50. The molecule has 3 aliphatic carbocycles. The van der Waals surface area contributed by atoms with E-state index in [0.29, 0.717) is 45.1 Å². The Morgan fingerprint density at radius 3 is 2.17 bits per heavy atom. The number of nitrogens with one attached hydrogen (secondary N) is 1. The highest BCUT2D eigenvalue weighted by molar-refractivity contribution is 5.85. The second-order valence-corrected chi connectivity index (χ2v) is 11.3. The van der Waals surface area contributed by atoms with Crippen molar-refractivity contribution in [3.05, 3.63) is 71.8 Å². The average Bonchev–Trinajstić information content (AvgIpc) is 3.40. The van der Waals surface area contributed by atoms with Crippen LogP contribution >= 0.6 is 0 Å². The molecule has 1 heterocycles. The van der Waals surface area contributed by atoms with Crippen LogP contribution in [0, 0.1) is 16.7 Å². The first-order chi connectivity index (χ1) is 19.3. The van der Waals surface area contributed by atoms with Gasteiger partial charge in [0.2, 0.25) is 11.8 Å². The van der Waals surface area contributed by atoms with Crippen molar-refractivity contribution < 1.29 is 23.5 Å². The third-order valence-corrected chi connectivity index (χ3v) is 9.00. The summed E-state index contributed by atoms with van der Waals surface area (Å²) in [5.41, 5.74) is 0.724. The van der Waals surface area contributed by atoms with E-state index in [4.69, 9.17) is 4.74 Å². The van der Waals surface area contributed by atoms with Crippen LogP contribution in [-0.4, -0.2) is 58.5 Å². The number of ether oxygens (including phenoxy) is 1. The summed E-state index contributed by atoms with van der Waals surface area (Å²) in [4.78, 5) is 43.0. The number of carbonyl (C=O) groups is 3. The number of likely N-dealkylation sites (tertiary alicyclic amines) is 1. The molecule has 0 aromatic heterocycles. The van der Waals surface area contributed by atoms with Crippen molar-refractivity contribution in [1.29, 1.82) is 5.26 Å². The van der Waals surface area contributed by atoms with Crippen LogP contribution in [0.15, 0.2) is 60.7 Å². The molecule has 6 rings (SSSR count). The summed E-state index contributed by atoms with van der Waals surface area (Å²) in [6.07, 6.45) is 1.60. The largest absolute Gasteiger partial charge is 0.445 e. The van der Waals surface area contributed by atoms with E-state index in [2.05, 4.69) is 5.32 Å². The summed E-state index contributed by atoms with van der Waals surface area (Å²) in [6.45, 7) is 0.0845. The zero-order chi connectivity index (χ0) is 28.2. The average molecular weight is 547 g/mol. The van der Waals surface area contributed by atoms with Crippen molar-refractivity contribution >= 4 is 17.9 Å². The Morgan fingerprint density at radius 1 is 0.975 bits per heavy atom. The predicted molar refractivity (Wildman–Crippen MR) is 145 cm³/mol. The monoisotopic (exact) mass is 546 g/mol. The lowest BCUT2D eigenvalue weighted by Gasteiger charge is -2.56. The number of hydrogen-bond acceptors (Lipinski definition) is 5. The van der Waals surface area contributed by atoms with E-state index < -0.39 is 35.2 Å². The minimum absolute atomic E-state index is 0.0214. The first kappa shape index (κ1) is 27.6. The van der Waals surface area contributed by atoms with Crippen LogP contribution in [0.2, 0.25) is 0 Å². The van der Waals surface area contributed by atoms with Crippen molar-refractivity contribution in [2.75, 3.05) is 13.1 Å². The smallest absolute Gasteiger partial charge is 0.411 e. The number of halogens is 1. The molecule has 2 aromatic carbocycles. The van der Waals surface area contributed by atoms with Crippen LogP contribution < -0.4 is 5.32 Å².